The minimum absolute atomic E-state index is 0.235. The molecule has 0 aromatic carbocycles. The summed E-state index contributed by atoms with van der Waals surface area (Å²) < 4.78 is 6.76. The zero-order valence-electron chi connectivity index (χ0n) is 11.0. The molecule has 1 aromatic heterocycles. The van der Waals surface area contributed by atoms with Crippen molar-refractivity contribution in [3.8, 4) is 5.88 Å². The monoisotopic (exact) mass is 299 g/mol. The molecule has 1 atom stereocenters. The summed E-state index contributed by atoms with van der Waals surface area (Å²) in [6.45, 7) is 6.36. The third-order valence-electron chi connectivity index (χ3n) is 2.72. The number of aromatic nitrogens is 1. The lowest BCUT2D eigenvalue weighted by atomic mass is 10.1. The van der Waals surface area contributed by atoms with Crippen molar-refractivity contribution in [2.45, 2.75) is 59.0 Å². The lowest BCUT2D eigenvalue weighted by Gasteiger charge is -2.14. The minimum atomic E-state index is 0.235. The summed E-state index contributed by atoms with van der Waals surface area (Å²) in [5.41, 5.74) is 1.14. The molecule has 0 aliphatic rings. The van der Waals surface area contributed by atoms with Crippen LogP contribution in [0.4, 0.5) is 0 Å². The zero-order chi connectivity index (χ0) is 12.7. The summed E-state index contributed by atoms with van der Waals surface area (Å²) in [4.78, 5) is 4.29. The number of hydrogen-bond acceptors (Lipinski definition) is 2. The van der Waals surface area contributed by atoms with E-state index in [1.54, 1.807) is 0 Å². The topological polar surface area (TPSA) is 22.1 Å². The molecule has 0 aliphatic heterocycles. The summed E-state index contributed by atoms with van der Waals surface area (Å²) in [6.07, 6.45) is 8.30. The summed E-state index contributed by atoms with van der Waals surface area (Å²) in [6, 6.07) is 2.03. The molecule has 0 aliphatic carbocycles. The lowest BCUT2D eigenvalue weighted by Crippen LogP contribution is -2.12. The Labute approximate surface area is 113 Å². The molecule has 17 heavy (non-hydrogen) atoms. The van der Waals surface area contributed by atoms with Gasteiger partial charge in [0, 0.05) is 6.20 Å². The second-order valence-electron chi connectivity index (χ2n) is 4.58. The van der Waals surface area contributed by atoms with E-state index in [9.17, 15) is 0 Å². The fraction of sp³-hybridized carbons (Fsp3) is 0.643. The summed E-state index contributed by atoms with van der Waals surface area (Å²) in [5, 5.41) is 0. The van der Waals surface area contributed by atoms with Gasteiger partial charge in [-0.25, -0.2) is 4.98 Å². The van der Waals surface area contributed by atoms with Crippen LogP contribution in [0.1, 0.15) is 51.5 Å². The van der Waals surface area contributed by atoms with E-state index in [1.165, 1.54) is 25.7 Å². The number of halogens is 1. The predicted octanol–water partition coefficient (Wildman–Crippen LogP) is 4.89. The van der Waals surface area contributed by atoms with E-state index in [0.717, 1.165) is 16.5 Å². The van der Waals surface area contributed by atoms with E-state index in [1.807, 2.05) is 19.2 Å². The van der Waals surface area contributed by atoms with Crippen LogP contribution in [-0.4, -0.2) is 11.1 Å². The van der Waals surface area contributed by atoms with Gasteiger partial charge in [0.25, 0.3) is 0 Å². The Morgan fingerprint density at radius 2 is 2.12 bits per heavy atom. The molecular weight excluding hydrogens is 278 g/mol. The number of hydrogen-bond donors (Lipinski definition) is 0. The fourth-order valence-corrected chi connectivity index (χ4v) is 2.27. The van der Waals surface area contributed by atoms with Crippen molar-refractivity contribution < 1.29 is 4.74 Å². The van der Waals surface area contributed by atoms with Gasteiger partial charge in [-0.3, -0.25) is 0 Å². The highest BCUT2D eigenvalue weighted by atomic mass is 79.9. The Morgan fingerprint density at radius 3 is 2.76 bits per heavy atom. The highest BCUT2D eigenvalue weighted by molar-refractivity contribution is 9.10. The van der Waals surface area contributed by atoms with Crippen LogP contribution in [0.5, 0.6) is 5.88 Å². The van der Waals surface area contributed by atoms with E-state index in [0.29, 0.717) is 5.88 Å². The van der Waals surface area contributed by atoms with E-state index >= 15 is 0 Å². The third kappa shape index (κ3) is 5.53. The van der Waals surface area contributed by atoms with Crippen LogP contribution in [0.15, 0.2) is 16.7 Å². The molecule has 0 N–H and O–H groups in total. The Morgan fingerprint density at radius 1 is 1.35 bits per heavy atom. The van der Waals surface area contributed by atoms with Crippen LogP contribution in [0.2, 0.25) is 0 Å². The maximum Gasteiger partial charge on any atom is 0.228 e. The smallest absolute Gasteiger partial charge is 0.228 e. The molecule has 1 aromatic rings. The molecule has 0 spiro atoms. The molecule has 1 rings (SSSR count). The van der Waals surface area contributed by atoms with Gasteiger partial charge in [-0.05, 0) is 54.2 Å². The van der Waals surface area contributed by atoms with Crippen LogP contribution >= 0.6 is 15.9 Å². The minimum Gasteiger partial charge on any atom is -0.474 e. The van der Waals surface area contributed by atoms with Gasteiger partial charge in [0.1, 0.15) is 0 Å². The molecule has 3 heteroatoms. The number of ether oxygens (including phenoxy) is 1. The molecule has 0 fully saturated rings. The van der Waals surface area contributed by atoms with E-state index in [2.05, 4.69) is 34.8 Å². The van der Waals surface area contributed by atoms with Crippen LogP contribution in [0.3, 0.4) is 0 Å². The first-order valence-electron chi connectivity index (χ1n) is 6.42. The normalized spacial score (nSPS) is 12.5. The molecule has 2 nitrogen and oxygen atoms in total. The number of unbranched alkanes of at least 4 members (excludes halogenated alkanes) is 3. The van der Waals surface area contributed by atoms with Crippen molar-refractivity contribution >= 4 is 15.9 Å². The largest absolute Gasteiger partial charge is 0.474 e. The highest BCUT2D eigenvalue weighted by Crippen LogP contribution is 2.24. The van der Waals surface area contributed by atoms with E-state index < -0.39 is 0 Å². The molecule has 0 radical (unpaired) electrons. The van der Waals surface area contributed by atoms with Crippen molar-refractivity contribution in [1.82, 2.24) is 4.98 Å². The number of pyridine rings is 1. The second-order valence-corrected chi connectivity index (χ2v) is 5.43. The van der Waals surface area contributed by atoms with Gasteiger partial charge in [-0.2, -0.15) is 0 Å². The average Bonchev–Trinajstić information content (AvgIpc) is 2.28. The predicted molar refractivity (Wildman–Crippen MR) is 75.5 cm³/mol. The number of rotatable bonds is 7. The molecule has 1 heterocycles. The first-order chi connectivity index (χ1) is 8.13. The molecule has 0 saturated carbocycles. The molecule has 0 amide bonds. The van der Waals surface area contributed by atoms with Crippen molar-refractivity contribution in [3.63, 3.8) is 0 Å². The van der Waals surface area contributed by atoms with Crippen LogP contribution in [-0.2, 0) is 0 Å². The van der Waals surface area contributed by atoms with Crippen molar-refractivity contribution in [3.05, 3.63) is 22.3 Å². The molecular formula is C14H22BrNO. The fourth-order valence-electron chi connectivity index (χ4n) is 1.72. The first kappa shape index (κ1) is 14.5. The molecule has 0 saturated heterocycles. The standard InChI is InChI=1S/C14H22BrNO/c1-4-5-6-7-8-12(3)17-14-13(15)9-11(2)10-16-14/h9-10,12H,4-8H2,1-3H3. The van der Waals surface area contributed by atoms with Gasteiger partial charge >= 0.3 is 0 Å². The Balaban J connectivity index is 2.37. The lowest BCUT2D eigenvalue weighted by molar-refractivity contribution is 0.196. The van der Waals surface area contributed by atoms with Crippen molar-refractivity contribution in [2.24, 2.45) is 0 Å². The van der Waals surface area contributed by atoms with Crippen LogP contribution < -0.4 is 4.74 Å². The van der Waals surface area contributed by atoms with Gasteiger partial charge in [0.15, 0.2) is 0 Å². The number of aryl methyl sites for hydroxylation is 1. The Bertz CT molecular complexity index is 341. The van der Waals surface area contributed by atoms with Crippen LogP contribution in [0.25, 0.3) is 0 Å². The molecule has 0 bridgehead atoms. The second kappa shape index (κ2) is 7.70. The SMILES string of the molecule is CCCCCCC(C)Oc1ncc(C)cc1Br. The van der Waals surface area contributed by atoms with Gasteiger partial charge < -0.3 is 4.74 Å². The summed E-state index contributed by atoms with van der Waals surface area (Å²) in [5.74, 6) is 0.707. The Hall–Kier alpha value is -0.570. The van der Waals surface area contributed by atoms with Gasteiger partial charge in [0.2, 0.25) is 5.88 Å². The van der Waals surface area contributed by atoms with E-state index in [-0.39, 0.29) is 6.10 Å². The van der Waals surface area contributed by atoms with Crippen molar-refractivity contribution in [2.75, 3.05) is 0 Å². The Kier molecular flexibility index (Phi) is 6.56. The molecule has 1 unspecified atom stereocenters. The zero-order valence-corrected chi connectivity index (χ0v) is 12.6. The molecule has 96 valence electrons. The van der Waals surface area contributed by atoms with Gasteiger partial charge in [-0.15, -0.1) is 0 Å². The van der Waals surface area contributed by atoms with Crippen LogP contribution in [0, 0.1) is 6.92 Å². The van der Waals surface area contributed by atoms with Crippen molar-refractivity contribution in [1.29, 1.82) is 0 Å². The summed E-state index contributed by atoms with van der Waals surface area (Å²) in [7, 11) is 0. The maximum atomic E-state index is 5.82. The highest BCUT2D eigenvalue weighted by Gasteiger charge is 2.08. The average molecular weight is 300 g/mol. The number of nitrogens with zero attached hydrogens (tertiary/aromatic N) is 1. The van der Waals surface area contributed by atoms with Gasteiger partial charge in [0.05, 0.1) is 10.6 Å². The van der Waals surface area contributed by atoms with E-state index in [4.69, 9.17) is 4.74 Å². The van der Waals surface area contributed by atoms with Gasteiger partial charge in [-0.1, -0.05) is 26.2 Å². The maximum absolute atomic E-state index is 5.82. The third-order valence-corrected chi connectivity index (χ3v) is 3.29. The summed E-state index contributed by atoms with van der Waals surface area (Å²) >= 11 is 3.48. The quantitative estimate of drug-likeness (QED) is 0.669. The first-order valence-corrected chi connectivity index (χ1v) is 7.21.